The van der Waals surface area contributed by atoms with E-state index in [9.17, 15) is 9.59 Å². The minimum atomic E-state index is -0.217. The van der Waals surface area contributed by atoms with Crippen molar-refractivity contribution in [1.82, 2.24) is 0 Å². The van der Waals surface area contributed by atoms with Crippen LogP contribution in [0.2, 0.25) is 0 Å². The van der Waals surface area contributed by atoms with Crippen molar-refractivity contribution in [3.63, 3.8) is 0 Å². The summed E-state index contributed by atoms with van der Waals surface area (Å²) in [6.45, 7) is 2.15. The molecule has 0 bridgehead atoms. The average Bonchev–Trinajstić information content (AvgIpc) is 3.02. The maximum atomic E-state index is 12.3. The minimum absolute atomic E-state index is 0.217. The second-order valence-corrected chi connectivity index (χ2v) is 5.86. The Balaban J connectivity index is 1.91. The van der Waals surface area contributed by atoms with Gasteiger partial charge in [0.1, 0.15) is 0 Å². The molecule has 0 aliphatic carbocycles. The maximum Gasteiger partial charge on any atom is 0.266 e. The number of thiophene rings is 1. The number of anilines is 1. The topological polar surface area (TPSA) is 37.4 Å². The van der Waals surface area contributed by atoms with E-state index < -0.39 is 0 Å². The van der Waals surface area contributed by atoms with Gasteiger partial charge in [-0.05, 0) is 31.0 Å². The van der Waals surface area contributed by atoms with E-state index in [-0.39, 0.29) is 11.8 Å². The number of carbonyl (C=O) groups is 2. The standard InChI is InChI=1S/C16H15NO2S/c1-2-3-6-12-9-11(10-20-12)17-15(18)13-7-4-5-8-14(13)16(17)19/h4-5,7-10H,2-3,6H2,1H3. The molecule has 0 N–H and O–H groups in total. The second-order valence-electron chi connectivity index (χ2n) is 4.87. The molecular formula is C16H15NO2S. The van der Waals surface area contributed by atoms with E-state index in [0.717, 1.165) is 19.3 Å². The van der Waals surface area contributed by atoms with Crippen molar-refractivity contribution in [3.05, 3.63) is 51.7 Å². The van der Waals surface area contributed by atoms with Gasteiger partial charge in [-0.2, -0.15) is 0 Å². The van der Waals surface area contributed by atoms with Crippen LogP contribution >= 0.6 is 11.3 Å². The summed E-state index contributed by atoms with van der Waals surface area (Å²) < 4.78 is 0. The van der Waals surface area contributed by atoms with Crippen LogP contribution in [0.4, 0.5) is 5.69 Å². The molecule has 3 rings (SSSR count). The Labute approximate surface area is 121 Å². The van der Waals surface area contributed by atoms with Gasteiger partial charge >= 0.3 is 0 Å². The molecule has 0 fully saturated rings. The van der Waals surface area contributed by atoms with Crippen molar-refractivity contribution in [2.75, 3.05) is 4.90 Å². The molecule has 4 heteroatoms. The lowest BCUT2D eigenvalue weighted by Gasteiger charge is -2.10. The van der Waals surface area contributed by atoms with Crippen LogP contribution in [0.25, 0.3) is 0 Å². The first kappa shape index (κ1) is 13.1. The SMILES string of the molecule is CCCCc1cc(N2C(=O)c3ccccc3C2=O)cs1. The fraction of sp³-hybridized carbons (Fsp3) is 0.250. The van der Waals surface area contributed by atoms with Gasteiger partial charge in [-0.1, -0.05) is 25.5 Å². The highest BCUT2D eigenvalue weighted by Crippen LogP contribution is 2.31. The molecule has 0 unspecified atom stereocenters. The van der Waals surface area contributed by atoms with E-state index in [1.807, 2.05) is 11.4 Å². The Hall–Kier alpha value is -1.94. The van der Waals surface area contributed by atoms with Crippen molar-refractivity contribution >= 4 is 28.8 Å². The maximum absolute atomic E-state index is 12.3. The van der Waals surface area contributed by atoms with E-state index in [0.29, 0.717) is 16.8 Å². The molecule has 2 aromatic rings. The van der Waals surface area contributed by atoms with Crippen molar-refractivity contribution in [2.24, 2.45) is 0 Å². The van der Waals surface area contributed by atoms with Gasteiger partial charge in [0.15, 0.2) is 0 Å². The molecule has 1 aromatic heterocycles. The lowest BCUT2D eigenvalue weighted by molar-refractivity contribution is 0.0926. The largest absolute Gasteiger partial charge is 0.268 e. The summed E-state index contributed by atoms with van der Waals surface area (Å²) in [5, 5.41) is 1.90. The van der Waals surface area contributed by atoms with Gasteiger partial charge in [-0.15, -0.1) is 11.3 Å². The summed E-state index contributed by atoms with van der Waals surface area (Å²) in [5.74, 6) is -0.434. The molecule has 102 valence electrons. The van der Waals surface area contributed by atoms with Gasteiger partial charge in [0.25, 0.3) is 11.8 Å². The van der Waals surface area contributed by atoms with Gasteiger partial charge in [-0.3, -0.25) is 9.59 Å². The predicted octanol–water partition coefficient (Wildman–Crippen LogP) is 3.89. The van der Waals surface area contributed by atoms with Crippen molar-refractivity contribution < 1.29 is 9.59 Å². The highest BCUT2D eigenvalue weighted by molar-refractivity contribution is 7.10. The first-order valence-corrected chi connectivity index (χ1v) is 7.65. The van der Waals surface area contributed by atoms with E-state index in [1.54, 1.807) is 35.6 Å². The number of imide groups is 1. The van der Waals surface area contributed by atoms with Gasteiger partial charge < -0.3 is 0 Å². The van der Waals surface area contributed by atoms with Crippen molar-refractivity contribution in [1.29, 1.82) is 0 Å². The molecule has 0 saturated carbocycles. The Bertz CT molecular complexity index is 640. The van der Waals surface area contributed by atoms with Gasteiger partial charge in [0.2, 0.25) is 0 Å². The fourth-order valence-corrected chi connectivity index (χ4v) is 3.29. The van der Waals surface area contributed by atoms with Crippen LogP contribution in [0.5, 0.6) is 0 Å². The average molecular weight is 285 g/mol. The molecule has 2 heterocycles. The Morgan fingerprint density at radius 3 is 2.35 bits per heavy atom. The number of carbonyl (C=O) groups excluding carboxylic acids is 2. The van der Waals surface area contributed by atoms with Crippen LogP contribution in [0, 0.1) is 0 Å². The second kappa shape index (κ2) is 5.21. The zero-order valence-electron chi connectivity index (χ0n) is 11.3. The van der Waals surface area contributed by atoms with E-state index >= 15 is 0 Å². The number of rotatable bonds is 4. The number of benzene rings is 1. The molecule has 0 spiro atoms. The zero-order valence-corrected chi connectivity index (χ0v) is 12.1. The molecule has 2 amide bonds. The summed E-state index contributed by atoms with van der Waals surface area (Å²) in [4.78, 5) is 27.2. The van der Waals surface area contributed by atoms with Crippen LogP contribution < -0.4 is 4.90 Å². The molecular weight excluding hydrogens is 270 g/mol. The summed E-state index contributed by atoms with van der Waals surface area (Å²) in [5.41, 5.74) is 1.70. The molecule has 0 radical (unpaired) electrons. The summed E-state index contributed by atoms with van der Waals surface area (Å²) >= 11 is 1.61. The zero-order chi connectivity index (χ0) is 14.1. The quantitative estimate of drug-likeness (QED) is 0.799. The third-order valence-electron chi connectivity index (χ3n) is 3.47. The molecule has 1 aliphatic rings. The molecule has 1 aliphatic heterocycles. The predicted molar refractivity (Wildman–Crippen MR) is 80.5 cm³/mol. The number of amides is 2. The summed E-state index contributed by atoms with van der Waals surface area (Å²) in [6.07, 6.45) is 3.27. The van der Waals surface area contributed by atoms with Gasteiger partial charge in [0, 0.05) is 10.3 Å². The third kappa shape index (κ3) is 2.06. The number of unbranched alkanes of at least 4 members (excludes halogenated alkanes) is 1. The number of aryl methyl sites for hydroxylation is 1. The lowest BCUT2D eigenvalue weighted by atomic mass is 10.1. The van der Waals surface area contributed by atoms with E-state index in [1.165, 1.54) is 9.78 Å². The smallest absolute Gasteiger partial charge is 0.266 e. The number of hydrogen-bond donors (Lipinski definition) is 0. The number of hydrogen-bond acceptors (Lipinski definition) is 3. The van der Waals surface area contributed by atoms with Crippen LogP contribution in [0.15, 0.2) is 35.7 Å². The fourth-order valence-electron chi connectivity index (χ4n) is 2.39. The minimum Gasteiger partial charge on any atom is -0.268 e. The monoisotopic (exact) mass is 285 g/mol. The van der Waals surface area contributed by atoms with Crippen LogP contribution in [0.3, 0.4) is 0 Å². The Morgan fingerprint density at radius 2 is 1.75 bits per heavy atom. The first-order chi connectivity index (χ1) is 9.72. The number of fused-ring (bicyclic) bond motifs is 1. The highest BCUT2D eigenvalue weighted by atomic mass is 32.1. The van der Waals surface area contributed by atoms with Gasteiger partial charge in [-0.25, -0.2) is 4.90 Å². The van der Waals surface area contributed by atoms with E-state index in [4.69, 9.17) is 0 Å². The molecule has 0 atom stereocenters. The number of nitrogens with zero attached hydrogens (tertiary/aromatic N) is 1. The van der Waals surface area contributed by atoms with Crippen molar-refractivity contribution in [3.8, 4) is 0 Å². The van der Waals surface area contributed by atoms with E-state index in [2.05, 4.69) is 6.92 Å². The first-order valence-electron chi connectivity index (χ1n) is 6.77. The molecule has 3 nitrogen and oxygen atoms in total. The normalized spacial score (nSPS) is 13.9. The Morgan fingerprint density at radius 1 is 1.10 bits per heavy atom. The van der Waals surface area contributed by atoms with Crippen LogP contribution in [-0.4, -0.2) is 11.8 Å². The van der Waals surface area contributed by atoms with Crippen molar-refractivity contribution in [2.45, 2.75) is 26.2 Å². The third-order valence-corrected chi connectivity index (χ3v) is 4.45. The molecule has 0 saturated heterocycles. The Kier molecular flexibility index (Phi) is 3.40. The lowest BCUT2D eigenvalue weighted by Crippen LogP contribution is -2.28. The summed E-state index contributed by atoms with van der Waals surface area (Å²) in [6, 6.07) is 8.95. The molecule has 20 heavy (non-hydrogen) atoms. The highest BCUT2D eigenvalue weighted by Gasteiger charge is 2.36. The van der Waals surface area contributed by atoms with Crippen LogP contribution in [-0.2, 0) is 6.42 Å². The molecule has 1 aromatic carbocycles. The van der Waals surface area contributed by atoms with Gasteiger partial charge in [0.05, 0.1) is 16.8 Å². The van der Waals surface area contributed by atoms with Crippen LogP contribution in [0.1, 0.15) is 45.4 Å². The summed E-state index contributed by atoms with van der Waals surface area (Å²) in [7, 11) is 0.